The van der Waals surface area contributed by atoms with Crippen molar-refractivity contribution in [1.82, 2.24) is 4.98 Å². The molecule has 0 aliphatic carbocycles. The maximum Gasteiger partial charge on any atom is 0.146 e. The molecule has 2 N–H and O–H groups in total. The minimum absolute atomic E-state index is 0.484. The van der Waals surface area contributed by atoms with Gasteiger partial charge in [0.05, 0.1) is 17.4 Å². The molecule has 0 saturated carbocycles. The van der Waals surface area contributed by atoms with Gasteiger partial charge in [0.25, 0.3) is 0 Å². The van der Waals surface area contributed by atoms with Gasteiger partial charge in [-0.15, -0.1) is 0 Å². The summed E-state index contributed by atoms with van der Waals surface area (Å²) in [5.41, 5.74) is 6.79. The van der Waals surface area contributed by atoms with Gasteiger partial charge in [-0.1, -0.05) is 13.8 Å². The Morgan fingerprint density at radius 1 is 1.59 bits per heavy atom. The summed E-state index contributed by atoms with van der Waals surface area (Å²) in [4.78, 5) is 6.59. The summed E-state index contributed by atoms with van der Waals surface area (Å²) < 4.78 is 0. The van der Waals surface area contributed by atoms with Crippen LogP contribution in [0.5, 0.6) is 0 Å². The zero-order valence-corrected chi connectivity index (χ0v) is 10.3. The standard InChI is InChI=1S/C13H18N4/c1-9(2)12-4-3-5-17(12)13-10(7-14)6-11(15)8-16-13/h6,8-9,12H,3-5,15H2,1-2H3. The zero-order chi connectivity index (χ0) is 12.4. The molecule has 2 rings (SSSR count). The van der Waals surface area contributed by atoms with E-state index in [-0.39, 0.29) is 0 Å². The lowest BCUT2D eigenvalue weighted by Crippen LogP contribution is -2.34. The summed E-state index contributed by atoms with van der Waals surface area (Å²) in [6.45, 7) is 5.41. The van der Waals surface area contributed by atoms with E-state index in [1.165, 1.54) is 12.8 Å². The highest BCUT2D eigenvalue weighted by Gasteiger charge is 2.29. The molecule has 1 aromatic rings. The quantitative estimate of drug-likeness (QED) is 0.845. The van der Waals surface area contributed by atoms with Crippen molar-refractivity contribution in [3.05, 3.63) is 17.8 Å². The molecule has 2 heterocycles. The van der Waals surface area contributed by atoms with Crippen LogP contribution in [0.3, 0.4) is 0 Å². The summed E-state index contributed by atoms with van der Waals surface area (Å²) in [6, 6.07) is 4.38. The first-order valence-corrected chi connectivity index (χ1v) is 6.05. The van der Waals surface area contributed by atoms with Crippen LogP contribution in [-0.2, 0) is 0 Å². The molecule has 1 aromatic heterocycles. The smallest absolute Gasteiger partial charge is 0.146 e. The minimum atomic E-state index is 0.484. The molecule has 1 atom stereocenters. The van der Waals surface area contributed by atoms with E-state index in [9.17, 15) is 0 Å². The molecule has 0 aromatic carbocycles. The summed E-state index contributed by atoms with van der Waals surface area (Å²) in [6.07, 6.45) is 3.97. The maximum absolute atomic E-state index is 9.16. The number of pyridine rings is 1. The van der Waals surface area contributed by atoms with Gasteiger partial charge < -0.3 is 10.6 Å². The van der Waals surface area contributed by atoms with Crippen molar-refractivity contribution >= 4 is 11.5 Å². The first-order chi connectivity index (χ1) is 8.13. The number of nitriles is 1. The van der Waals surface area contributed by atoms with E-state index < -0.39 is 0 Å². The fraction of sp³-hybridized carbons (Fsp3) is 0.538. The van der Waals surface area contributed by atoms with Crippen LogP contribution >= 0.6 is 0 Å². The van der Waals surface area contributed by atoms with Gasteiger partial charge in [0, 0.05) is 12.6 Å². The average molecular weight is 230 g/mol. The fourth-order valence-electron chi connectivity index (χ4n) is 2.53. The molecule has 1 aliphatic heterocycles. The molecule has 0 radical (unpaired) electrons. The number of hydrogen-bond donors (Lipinski definition) is 1. The Morgan fingerprint density at radius 3 is 3.00 bits per heavy atom. The van der Waals surface area contributed by atoms with Crippen molar-refractivity contribution in [3.63, 3.8) is 0 Å². The number of rotatable bonds is 2. The second-order valence-corrected chi connectivity index (χ2v) is 4.90. The van der Waals surface area contributed by atoms with Crippen LogP contribution in [0.25, 0.3) is 0 Å². The second kappa shape index (κ2) is 4.62. The zero-order valence-electron chi connectivity index (χ0n) is 10.3. The number of hydrogen-bond acceptors (Lipinski definition) is 4. The van der Waals surface area contributed by atoms with E-state index >= 15 is 0 Å². The third-order valence-corrected chi connectivity index (χ3v) is 3.35. The SMILES string of the molecule is CC(C)C1CCCN1c1ncc(N)cc1C#N. The van der Waals surface area contributed by atoms with Crippen molar-refractivity contribution in [3.8, 4) is 6.07 Å². The third-order valence-electron chi connectivity index (χ3n) is 3.35. The van der Waals surface area contributed by atoms with Crippen LogP contribution in [0.1, 0.15) is 32.3 Å². The second-order valence-electron chi connectivity index (χ2n) is 4.90. The molecule has 0 amide bonds. The maximum atomic E-state index is 9.16. The van der Waals surface area contributed by atoms with Crippen molar-refractivity contribution < 1.29 is 0 Å². The Labute approximate surface area is 102 Å². The van der Waals surface area contributed by atoms with Gasteiger partial charge in [0.1, 0.15) is 11.9 Å². The molecule has 4 heteroatoms. The van der Waals surface area contributed by atoms with Crippen LogP contribution < -0.4 is 10.6 Å². The number of nitrogens with zero attached hydrogens (tertiary/aromatic N) is 3. The van der Waals surface area contributed by atoms with Gasteiger partial charge in [0.2, 0.25) is 0 Å². The Kier molecular flexibility index (Phi) is 3.19. The fourth-order valence-corrected chi connectivity index (χ4v) is 2.53. The normalized spacial score (nSPS) is 19.6. The Hall–Kier alpha value is -1.76. The molecular formula is C13H18N4. The lowest BCUT2D eigenvalue weighted by atomic mass is 10.0. The van der Waals surface area contributed by atoms with Gasteiger partial charge in [0.15, 0.2) is 0 Å². The van der Waals surface area contributed by atoms with E-state index in [2.05, 4.69) is 29.8 Å². The van der Waals surface area contributed by atoms with Crippen LogP contribution in [0.15, 0.2) is 12.3 Å². The monoisotopic (exact) mass is 230 g/mol. The Balaban J connectivity index is 2.37. The lowest BCUT2D eigenvalue weighted by molar-refractivity contribution is 0.489. The Bertz CT molecular complexity index is 447. The highest BCUT2D eigenvalue weighted by atomic mass is 15.2. The predicted molar refractivity (Wildman–Crippen MR) is 68.6 cm³/mol. The van der Waals surface area contributed by atoms with E-state index in [0.717, 1.165) is 12.4 Å². The highest BCUT2D eigenvalue weighted by molar-refractivity contribution is 5.59. The average Bonchev–Trinajstić information content (AvgIpc) is 2.77. The number of aromatic nitrogens is 1. The first kappa shape index (κ1) is 11.7. The topological polar surface area (TPSA) is 65.9 Å². The van der Waals surface area contributed by atoms with Gasteiger partial charge >= 0.3 is 0 Å². The van der Waals surface area contributed by atoms with Gasteiger partial charge in [-0.3, -0.25) is 0 Å². The lowest BCUT2D eigenvalue weighted by Gasteiger charge is -2.29. The summed E-state index contributed by atoms with van der Waals surface area (Å²) in [5.74, 6) is 1.36. The number of nitrogens with two attached hydrogens (primary N) is 1. The summed E-state index contributed by atoms with van der Waals surface area (Å²) >= 11 is 0. The van der Waals surface area contributed by atoms with Gasteiger partial charge in [-0.25, -0.2) is 4.98 Å². The number of anilines is 2. The predicted octanol–water partition coefficient (Wildman–Crippen LogP) is 2.16. The van der Waals surface area contributed by atoms with Gasteiger partial charge in [-0.2, -0.15) is 5.26 Å². The van der Waals surface area contributed by atoms with Crippen LogP contribution in [0, 0.1) is 17.2 Å². The molecule has 1 unspecified atom stereocenters. The number of nitrogen functional groups attached to an aromatic ring is 1. The molecule has 0 spiro atoms. The van der Waals surface area contributed by atoms with Crippen LogP contribution in [0.2, 0.25) is 0 Å². The molecule has 0 bridgehead atoms. The van der Waals surface area contributed by atoms with Crippen molar-refractivity contribution in [1.29, 1.82) is 5.26 Å². The largest absolute Gasteiger partial charge is 0.397 e. The molecule has 4 nitrogen and oxygen atoms in total. The van der Waals surface area contributed by atoms with E-state index in [1.807, 2.05) is 0 Å². The van der Waals surface area contributed by atoms with Crippen LogP contribution in [0.4, 0.5) is 11.5 Å². The summed E-state index contributed by atoms with van der Waals surface area (Å²) in [5, 5.41) is 9.16. The third kappa shape index (κ3) is 2.19. The van der Waals surface area contributed by atoms with E-state index in [4.69, 9.17) is 11.0 Å². The summed E-state index contributed by atoms with van der Waals surface area (Å²) in [7, 11) is 0. The van der Waals surface area contributed by atoms with Crippen molar-refractivity contribution in [2.24, 2.45) is 5.92 Å². The molecular weight excluding hydrogens is 212 g/mol. The Morgan fingerprint density at radius 2 is 2.35 bits per heavy atom. The first-order valence-electron chi connectivity index (χ1n) is 6.05. The van der Waals surface area contributed by atoms with Crippen LogP contribution in [-0.4, -0.2) is 17.6 Å². The van der Waals surface area contributed by atoms with E-state index in [1.54, 1.807) is 12.3 Å². The van der Waals surface area contributed by atoms with Gasteiger partial charge in [-0.05, 0) is 24.8 Å². The molecule has 17 heavy (non-hydrogen) atoms. The highest BCUT2D eigenvalue weighted by Crippen LogP contribution is 2.30. The molecule has 1 fully saturated rings. The van der Waals surface area contributed by atoms with E-state index in [0.29, 0.717) is 23.2 Å². The van der Waals surface area contributed by atoms with Crippen molar-refractivity contribution in [2.75, 3.05) is 17.2 Å². The van der Waals surface area contributed by atoms with Crippen molar-refractivity contribution in [2.45, 2.75) is 32.7 Å². The molecule has 90 valence electrons. The molecule has 1 aliphatic rings. The molecule has 1 saturated heterocycles. The minimum Gasteiger partial charge on any atom is -0.397 e.